The number of nitrogens with zero attached hydrogens (tertiary/aromatic N) is 2. The molecule has 34 heavy (non-hydrogen) atoms. The van der Waals surface area contributed by atoms with Gasteiger partial charge >= 0.3 is 6.09 Å². The number of carbonyl (C=O) groups is 2. The summed E-state index contributed by atoms with van der Waals surface area (Å²) < 4.78 is 38.1. The molecule has 1 unspecified atom stereocenters. The van der Waals surface area contributed by atoms with Crippen LogP contribution in [0.1, 0.15) is 20.8 Å². The van der Waals surface area contributed by atoms with Crippen LogP contribution in [0.4, 0.5) is 4.79 Å². The Bertz CT molecular complexity index is 1160. The first-order valence-electron chi connectivity index (χ1n) is 10.3. The minimum absolute atomic E-state index is 0.110. The summed E-state index contributed by atoms with van der Waals surface area (Å²) >= 11 is 5.85. The number of aliphatic hydroxyl groups is 1. The Morgan fingerprint density at radius 2 is 1.56 bits per heavy atom. The number of rotatable bonds is 5. The molecule has 0 aromatic heterocycles. The van der Waals surface area contributed by atoms with Crippen molar-refractivity contribution in [3.63, 3.8) is 0 Å². The molecule has 2 aromatic rings. The van der Waals surface area contributed by atoms with Crippen LogP contribution < -0.4 is 10.5 Å². The Labute approximate surface area is 202 Å². The van der Waals surface area contributed by atoms with Crippen LogP contribution in [-0.2, 0) is 19.6 Å². The first-order chi connectivity index (χ1) is 15.7. The zero-order chi connectivity index (χ0) is 25.3. The summed E-state index contributed by atoms with van der Waals surface area (Å²) in [7, 11) is -4.36. The standard InChI is InChI=1S/C22H26ClN3O7S/c1-21(2,3)33-20(28)25-12-13-26(22(29,14-25)19(24)27)34(30,31)18-10-8-17(9-11-18)32-16-6-4-15(23)5-7-16/h4-11,29H,12-14H2,1-3H3,(H2,24,27). The van der Waals surface area contributed by atoms with Crippen LogP contribution in [0.25, 0.3) is 0 Å². The number of hydrogen-bond acceptors (Lipinski definition) is 7. The highest BCUT2D eigenvalue weighted by Crippen LogP contribution is 2.30. The molecule has 10 nitrogen and oxygen atoms in total. The molecule has 1 fully saturated rings. The second-order valence-corrected chi connectivity index (χ2v) is 11.0. The quantitative estimate of drug-likeness (QED) is 0.628. The highest BCUT2D eigenvalue weighted by molar-refractivity contribution is 7.89. The average Bonchev–Trinajstić information content (AvgIpc) is 2.74. The predicted octanol–water partition coefficient (Wildman–Crippen LogP) is 2.55. The van der Waals surface area contributed by atoms with Gasteiger partial charge in [0.25, 0.3) is 5.91 Å². The molecule has 1 atom stereocenters. The van der Waals surface area contributed by atoms with E-state index in [4.69, 9.17) is 26.8 Å². The van der Waals surface area contributed by atoms with E-state index < -0.39 is 39.9 Å². The maximum absolute atomic E-state index is 13.3. The molecular weight excluding hydrogens is 486 g/mol. The molecule has 1 saturated heterocycles. The van der Waals surface area contributed by atoms with Gasteiger partial charge in [-0.2, -0.15) is 4.31 Å². The van der Waals surface area contributed by atoms with E-state index in [2.05, 4.69) is 0 Å². The molecule has 2 amide bonds. The summed E-state index contributed by atoms with van der Waals surface area (Å²) in [6, 6.07) is 12.0. The van der Waals surface area contributed by atoms with Crippen molar-refractivity contribution in [3.8, 4) is 11.5 Å². The van der Waals surface area contributed by atoms with Gasteiger partial charge in [-0.15, -0.1) is 0 Å². The average molecular weight is 512 g/mol. The van der Waals surface area contributed by atoms with E-state index in [0.29, 0.717) is 20.8 Å². The van der Waals surface area contributed by atoms with Gasteiger partial charge in [0, 0.05) is 18.1 Å². The minimum Gasteiger partial charge on any atom is -0.457 e. The van der Waals surface area contributed by atoms with Crippen LogP contribution >= 0.6 is 11.6 Å². The summed E-state index contributed by atoms with van der Waals surface area (Å²) in [5.41, 5.74) is 1.89. The van der Waals surface area contributed by atoms with E-state index in [9.17, 15) is 23.1 Å². The third kappa shape index (κ3) is 5.61. The molecule has 1 aliphatic heterocycles. The molecule has 0 spiro atoms. The predicted molar refractivity (Wildman–Crippen MR) is 124 cm³/mol. The van der Waals surface area contributed by atoms with Crippen molar-refractivity contribution in [3.05, 3.63) is 53.6 Å². The molecule has 3 N–H and O–H groups in total. The number of β-amino-alcohol motifs (C(OH)–C–C–N with tert-alkyl or cyclic N) is 1. The molecule has 2 aromatic carbocycles. The van der Waals surface area contributed by atoms with Gasteiger partial charge in [0.1, 0.15) is 17.1 Å². The van der Waals surface area contributed by atoms with Crippen LogP contribution in [0.2, 0.25) is 5.02 Å². The van der Waals surface area contributed by atoms with Crippen molar-refractivity contribution in [2.75, 3.05) is 19.6 Å². The van der Waals surface area contributed by atoms with Crippen molar-refractivity contribution in [1.82, 2.24) is 9.21 Å². The van der Waals surface area contributed by atoms with E-state index in [1.54, 1.807) is 45.0 Å². The molecule has 184 valence electrons. The molecule has 0 bridgehead atoms. The number of halogens is 1. The summed E-state index contributed by atoms with van der Waals surface area (Å²) in [5.74, 6) is -0.449. The lowest BCUT2D eigenvalue weighted by Crippen LogP contribution is -2.70. The summed E-state index contributed by atoms with van der Waals surface area (Å²) in [6.07, 6.45) is -0.798. The molecule has 1 heterocycles. The number of carbonyl (C=O) groups excluding carboxylic acids is 2. The molecule has 3 rings (SSSR count). The van der Waals surface area contributed by atoms with Crippen molar-refractivity contribution < 1.29 is 32.6 Å². The van der Waals surface area contributed by atoms with Crippen LogP contribution in [0.3, 0.4) is 0 Å². The zero-order valence-corrected chi connectivity index (χ0v) is 20.5. The van der Waals surface area contributed by atoms with E-state index in [0.717, 1.165) is 4.90 Å². The molecule has 0 aliphatic carbocycles. The number of primary amides is 1. The van der Waals surface area contributed by atoms with Crippen LogP contribution in [0.5, 0.6) is 11.5 Å². The summed E-state index contributed by atoms with van der Waals surface area (Å²) in [5, 5.41) is 11.5. The van der Waals surface area contributed by atoms with Crippen LogP contribution in [0, 0.1) is 0 Å². The van der Waals surface area contributed by atoms with E-state index in [1.807, 2.05) is 0 Å². The number of ether oxygens (including phenoxy) is 2. The molecular formula is C22H26ClN3O7S. The highest BCUT2D eigenvalue weighted by Gasteiger charge is 2.52. The number of hydrogen-bond donors (Lipinski definition) is 2. The Balaban J connectivity index is 1.82. The second kappa shape index (κ2) is 9.41. The number of amides is 2. The molecule has 0 radical (unpaired) electrons. The first-order valence-corrected chi connectivity index (χ1v) is 12.1. The van der Waals surface area contributed by atoms with Gasteiger partial charge in [0.05, 0.1) is 11.4 Å². The molecule has 1 aliphatic rings. The summed E-state index contributed by atoms with van der Waals surface area (Å²) in [4.78, 5) is 25.4. The zero-order valence-electron chi connectivity index (χ0n) is 18.9. The largest absolute Gasteiger partial charge is 0.457 e. The van der Waals surface area contributed by atoms with Crippen molar-refractivity contribution >= 4 is 33.6 Å². The fourth-order valence-electron chi connectivity index (χ4n) is 3.27. The topological polar surface area (TPSA) is 139 Å². The Kier molecular flexibility index (Phi) is 7.13. The minimum atomic E-state index is -4.36. The highest BCUT2D eigenvalue weighted by atomic mass is 35.5. The van der Waals surface area contributed by atoms with Gasteiger partial charge in [-0.25, -0.2) is 13.2 Å². The number of benzene rings is 2. The van der Waals surface area contributed by atoms with Crippen molar-refractivity contribution in [2.24, 2.45) is 5.73 Å². The lowest BCUT2D eigenvalue weighted by molar-refractivity contribution is -0.159. The van der Waals surface area contributed by atoms with Crippen molar-refractivity contribution in [2.45, 2.75) is 37.0 Å². The smallest absolute Gasteiger partial charge is 0.410 e. The normalized spacial score (nSPS) is 19.5. The van der Waals surface area contributed by atoms with Crippen molar-refractivity contribution in [1.29, 1.82) is 0 Å². The van der Waals surface area contributed by atoms with E-state index >= 15 is 0 Å². The van der Waals surface area contributed by atoms with Gasteiger partial charge in [-0.1, -0.05) is 11.6 Å². The Morgan fingerprint density at radius 3 is 2.06 bits per heavy atom. The fourth-order valence-corrected chi connectivity index (χ4v) is 5.00. The van der Waals surface area contributed by atoms with E-state index in [-0.39, 0.29) is 18.0 Å². The number of sulfonamides is 1. The van der Waals surface area contributed by atoms with Gasteiger partial charge in [-0.05, 0) is 69.3 Å². The van der Waals surface area contributed by atoms with Crippen LogP contribution in [0.15, 0.2) is 53.4 Å². The fraction of sp³-hybridized carbons (Fsp3) is 0.364. The maximum Gasteiger partial charge on any atom is 0.410 e. The molecule has 0 saturated carbocycles. The Morgan fingerprint density at radius 1 is 1.03 bits per heavy atom. The second-order valence-electron chi connectivity index (χ2n) is 8.69. The van der Waals surface area contributed by atoms with Gasteiger partial charge in [0.15, 0.2) is 0 Å². The van der Waals surface area contributed by atoms with Gasteiger partial charge < -0.3 is 25.2 Å². The summed E-state index contributed by atoms with van der Waals surface area (Å²) in [6.45, 7) is 3.82. The monoisotopic (exact) mass is 511 g/mol. The lowest BCUT2D eigenvalue weighted by Gasteiger charge is -2.44. The van der Waals surface area contributed by atoms with E-state index in [1.165, 1.54) is 24.3 Å². The SMILES string of the molecule is CC(C)(C)OC(=O)N1CCN(S(=O)(=O)c2ccc(Oc3ccc(Cl)cc3)cc2)C(O)(C(N)=O)C1. The number of piperazine rings is 1. The van der Waals surface area contributed by atoms with Crippen LogP contribution in [-0.4, -0.2) is 65.7 Å². The van der Waals surface area contributed by atoms with Gasteiger partial charge in [0.2, 0.25) is 15.7 Å². The molecule has 12 heteroatoms. The Hall–Kier alpha value is -2.86. The number of nitrogens with two attached hydrogens (primary N) is 1. The maximum atomic E-state index is 13.3. The third-order valence-electron chi connectivity index (χ3n) is 4.90. The van der Waals surface area contributed by atoms with Gasteiger partial charge in [-0.3, -0.25) is 4.79 Å². The first kappa shape index (κ1) is 25.8. The third-order valence-corrected chi connectivity index (χ3v) is 7.09. The lowest BCUT2D eigenvalue weighted by atomic mass is 10.1.